The summed E-state index contributed by atoms with van der Waals surface area (Å²) in [4.78, 5) is 32.9. The van der Waals surface area contributed by atoms with Crippen LogP contribution in [0.2, 0.25) is 5.02 Å². The van der Waals surface area contributed by atoms with Gasteiger partial charge in [-0.05, 0) is 48.6 Å². The zero-order valence-corrected chi connectivity index (χ0v) is 18.3. The first-order valence-electron chi connectivity index (χ1n) is 10.5. The van der Waals surface area contributed by atoms with E-state index in [0.29, 0.717) is 12.0 Å². The molecule has 11 heteroatoms. The Hall–Kier alpha value is -3.53. The molecule has 2 aliphatic rings. The molecule has 2 atom stereocenters. The maximum Gasteiger partial charge on any atom is 0.388 e. The molecule has 5 rings (SSSR count). The van der Waals surface area contributed by atoms with Crippen molar-refractivity contribution < 1.29 is 22.7 Å². The van der Waals surface area contributed by atoms with E-state index < -0.39 is 18.5 Å². The van der Waals surface area contributed by atoms with Gasteiger partial charge in [-0.25, -0.2) is 14.2 Å². The van der Waals surface area contributed by atoms with Crippen molar-refractivity contribution in [1.82, 2.24) is 14.9 Å². The number of fused-ring (bicyclic) bond motifs is 4. The second-order valence-electron chi connectivity index (χ2n) is 8.14. The highest BCUT2D eigenvalue weighted by atomic mass is 35.5. The van der Waals surface area contributed by atoms with Crippen LogP contribution in [-0.2, 0) is 6.42 Å². The molecular formula is C23H18ClF3N4O3. The Morgan fingerprint density at radius 2 is 2.09 bits per heavy atom. The lowest BCUT2D eigenvalue weighted by Gasteiger charge is -2.36. The van der Waals surface area contributed by atoms with Crippen LogP contribution < -0.4 is 15.6 Å². The van der Waals surface area contributed by atoms with Gasteiger partial charge in [0.25, 0.3) is 0 Å². The number of rotatable bonds is 4. The van der Waals surface area contributed by atoms with E-state index in [-0.39, 0.29) is 39.8 Å². The van der Waals surface area contributed by atoms with Crippen LogP contribution in [0.1, 0.15) is 30.0 Å². The standard InChI is InChI=1S/C23H18ClF3N4O3/c24-16-8-18(17(25)7-14(16)11-1-4-21(29-9-11)34-22(26)27)30-23(33)31-13-2-3-19(31)15-10-28-20(32)6-12(15)5-13/h1,4,6-10,13,19,22H,2-3,5H2,(H,28,32)(H,30,33)/t13-,19+/m0/s1. The van der Waals surface area contributed by atoms with Gasteiger partial charge in [0.1, 0.15) is 5.82 Å². The third-order valence-corrected chi connectivity index (χ3v) is 6.47. The number of nitrogens with zero attached hydrogens (tertiary/aromatic N) is 2. The summed E-state index contributed by atoms with van der Waals surface area (Å²) in [6, 6.07) is 5.91. The Morgan fingerprint density at radius 3 is 2.82 bits per heavy atom. The van der Waals surface area contributed by atoms with Gasteiger partial charge < -0.3 is 19.9 Å². The fraction of sp³-hybridized carbons (Fsp3) is 0.261. The number of ether oxygens (including phenoxy) is 1. The maximum absolute atomic E-state index is 14.9. The Balaban J connectivity index is 1.36. The molecule has 1 aromatic carbocycles. The summed E-state index contributed by atoms with van der Waals surface area (Å²) in [5, 5.41) is 2.75. The van der Waals surface area contributed by atoms with E-state index >= 15 is 0 Å². The lowest BCUT2D eigenvalue weighted by Crippen LogP contribution is -2.44. The maximum atomic E-state index is 14.9. The summed E-state index contributed by atoms with van der Waals surface area (Å²) in [6.45, 7) is -3.01. The zero-order valence-electron chi connectivity index (χ0n) is 17.5. The van der Waals surface area contributed by atoms with Crippen LogP contribution in [0.15, 0.2) is 47.5 Å². The number of amides is 2. The SMILES string of the molecule is O=C(Nc1cc(Cl)c(-c2ccc(OC(F)F)nc2)cc1F)N1[C@H]2CC[C@@H]1c1c[nH]c(=O)cc1C2. The number of benzene rings is 1. The van der Waals surface area contributed by atoms with E-state index in [0.717, 1.165) is 30.0 Å². The number of halogens is 4. The number of urea groups is 1. The highest BCUT2D eigenvalue weighted by Gasteiger charge is 2.43. The Labute approximate surface area is 196 Å². The highest BCUT2D eigenvalue weighted by molar-refractivity contribution is 6.33. The fourth-order valence-electron chi connectivity index (χ4n) is 4.71. The van der Waals surface area contributed by atoms with Crippen molar-refractivity contribution in [3.8, 4) is 17.0 Å². The average molecular weight is 491 g/mol. The smallest absolute Gasteiger partial charge is 0.388 e. The number of nitrogens with one attached hydrogen (secondary N) is 2. The van der Waals surface area contributed by atoms with Gasteiger partial charge in [0, 0.05) is 41.7 Å². The molecule has 4 heterocycles. The molecule has 176 valence electrons. The summed E-state index contributed by atoms with van der Waals surface area (Å²) >= 11 is 6.34. The second-order valence-corrected chi connectivity index (χ2v) is 8.55. The van der Waals surface area contributed by atoms with Crippen LogP contribution in [-0.4, -0.2) is 33.6 Å². The first-order chi connectivity index (χ1) is 16.3. The molecule has 1 saturated heterocycles. The van der Waals surface area contributed by atoms with Gasteiger partial charge in [-0.15, -0.1) is 0 Å². The van der Waals surface area contributed by atoms with Crippen LogP contribution >= 0.6 is 11.6 Å². The molecule has 0 spiro atoms. The molecule has 2 aromatic heterocycles. The molecule has 2 N–H and O–H groups in total. The molecule has 2 aliphatic heterocycles. The van der Waals surface area contributed by atoms with Crippen molar-refractivity contribution in [2.75, 3.05) is 5.32 Å². The molecule has 7 nitrogen and oxygen atoms in total. The van der Waals surface area contributed by atoms with Gasteiger partial charge in [-0.3, -0.25) is 4.79 Å². The number of hydrogen-bond donors (Lipinski definition) is 2. The van der Waals surface area contributed by atoms with Gasteiger partial charge in [0.15, 0.2) is 0 Å². The number of hydrogen-bond acceptors (Lipinski definition) is 4. The van der Waals surface area contributed by atoms with Crippen molar-refractivity contribution in [2.24, 2.45) is 0 Å². The minimum Gasteiger partial charge on any atom is -0.417 e. The summed E-state index contributed by atoms with van der Waals surface area (Å²) in [5.74, 6) is -0.990. The average Bonchev–Trinajstić information content (AvgIpc) is 3.11. The normalized spacial score (nSPS) is 18.7. The summed E-state index contributed by atoms with van der Waals surface area (Å²) in [5.41, 5.74) is 2.23. The Morgan fingerprint density at radius 1 is 1.26 bits per heavy atom. The zero-order chi connectivity index (χ0) is 24.0. The van der Waals surface area contributed by atoms with Crippen molar-refractivity contribution >= 4 is 23.3 Å². The topological polar surface area (TPSA) is 87.3 Å². The number of pyridine rings is 2. The van der Waals surface area contributed by atoms with E-state index in [1.807, 2.05) is 0 Å². The minimum atomic E-state index is -3.01. The minimum absolute atomic E-state index is 0.0860. The predicted molar refractivity (Wildman–Crippen MR) is 119 cm³/mol. The molecule has 34 heavy (non-hydrogen) atoms. The van der Waals surface area contributed by atoms with Gasteiger partial charge in [-0.2, -0.15) is 8.78 Å². The quantitative estimate of drug-likeness (QED) is 0.531. The summed E-state index contributed by atoms with van der Waals surface area (Å²) in [6.07, 6.45) is 4.97. The van der Waals surface area contributed by atoms with E-state index in [2.05, 4.69) is 20.0 Å². The number of aromatic amines is 1. The van der Waals surface area contributed by atoms with Gasteiger partial charge >= 0.3 is 12.6 Å². The second kappa shape index (κ2) is 8.68. The first-order valence-corrected chi connectivity index (χ1v) is 10.9. The molecule has 3 aromatic rings. The number of H-pyrrole nitrogens is 1. The molecule has 1 fully saturated rings. The van der Waals surface area contributed by atoms with E-state index in [1.54, 1.807) is 17.2 Å². The molecule has 0 unspecified atom stereocenters. The van der Waals surface area contributed by atoms with Crippen molar-refractivity contribution in [2.45, 2.75) is 38.0 Å². The fourth-order valence-corrected chi connectivity index (χ4v) is 4.98. The predicted octanol–water partition coefficient (Wildman–Crippen LogP) is 5.12. The molecular weight excluding hydrogens is 473 g/mol. The number of anilines is 1. The third kappa shape index (κ3) is 4.09. The lowest BCUT2D eigenvalue weighted by molar-refractivity contribution is -0.0528. The van der Waals surface area contributed by atoms with E-state index in [4.69, 9.17) is 11.6 Å². The highest BCUT2D eigenvalue weighted by Crippen LogP contribution is 2.43. The summed E-state index contributed by atoms with van der Waals surface area (Å²) in [7, 11) is 0. The molecule has 0 radical (unpaired) electrons. The van der Waals surface area contributed by atoms with Gasteiger partial charge in [0.2, 0.25) is 11.4 Å². The lowest BCUT2D eigenvalue weighted by atomic mass is 9.95. The van der Waals surface area contributed by atoms with Crippen LogP contribution in [0.3, 0.4) is 0 Å². The first kappa shape index (κ1) is 22.3. The molecule has 0 aliphatic carbocycles. The number of carbonyl (C=O) groups is 1. The van der Waals surface area contributed by atoms with Gasteiger partial charge in [-0.1, -0.05) is 11.6 Å². The number of aromatic nitrogens is 2. The van der Waals surface area contributed by atoms with Crippen LogP contribution in [0, 0.1) is 5.82 Å². The van der Waals surface area contributed by atoms with Crippen LogP contribution in [0.4, 0.5) is 23.7 Å². The molecule has 2 amide bonds. The van der Waals surface area contributed by atoms with Gasteiger partial charge in [0.05, 0.1) is 16.8 Å². The van der Waals surface area contributed by atoms with E-state index in [9.17, 15) is 22.8 Å². The number of carbonyl (C=O) groups excluding carboxylic acids is 1. The van der Waals surface area contributed by atoms with Crippen LogP contribution in [0.5, 0.6) is 5.88 Å². The largest absolute Gasteiger partial charge is 0.417 e. The molecule has 2 bridgehead atoms. The van der Waals surface area contributed by atoms with Crippen LogP contribution in [0.25, 0.3) is 11.1 Å². The van der Waals surface area contributed by atoms with Crippen molar-refractivity contribution in [1.29, 1.82) is 0 Å². The Kier molecular flexibility index (Phi) is 5.68. The van der Waals surface area contributed by atoms with Crippen molar-refractivity contribution in [3.63, 3.8) is 0 Å². The van der Waals surface area contributed by atoms with E-state index in [1.165, 1.54) is 24.4 Å². The monoisotopic (exact) mass is 490 g/mol. The van der Waals surface area contributed by atoms with Crippen molar-refractivity contribution in [3.05, 3.63) is 75.0 Å². The molecule has 0 saturated carbocycles. The third-order valence-electron chi connectivity index (χ3n) is 6.15. The summed E-state index contributed by atoms with van der Waals surface area (Å²) < 4.78 is 43.7. The number of alkyl halides is 2. The Bertz CT molecular complexity index is 1320.